The fourth-order valence-electron chi connectivity index (χ4n) is 3.82. The number of rotatable bonds is 4. The average Bonchev–Trinajstić information content (AvgIpc) is 2.91. The molecule has 1 aliphatic carbocycles. The Morgan fingerprint density at radius 2 is 2.21 bits per heavy atom. The molecule has 4 nitrogen and oxygen atoms in total. The van der Waals surface area contributed by atoms with E-state index < -0.39 is 0 Å². The number of carbonyl (C=O) groups is 1. The molecule has 2 N–H and O–H groups in total. The van der Waals surface area contributed by atoms with Crippen LogP contribution in [-0.2, 0) is 11.2 Å². The zero-order valence-corrected chi connectivity index (χ0v) is 14.7. The number of benzene rings is 1. The van der Waals surface area contributed by atoms with E-state index in [0.29, 0.717) is 17.5 Å². The Morgan fingerprint density at radius 1 is 1.42 bits per heavy atom. The summed E-state index contributed by atoms with van der Waals surface area (Å²) in [6.07, 6.45) is 7.83. The second-order valence-electron chi connectivity index (χ2n) is 6.93. The number of thiocarbonyl (C=S) groups is 1. The standard InChI is InChI=1S/C19H21N3OS/c1-3-6-13-10-19(13,2)22-17(23)16(21-18(22)24)9-12-11-20-15-8-5-4-7-14(12)15/h3-8,11,13,16,20H,9-10H2,1-2H3,(H,21,24)/b6-3-. The van der Waals surface area contributed by atoms with E-state index in [1.165, 1.54) is 5.39 Å². The number of amides is 1. The van der Waals surface area contributed by atoms with Crippen molar-refractivity contribution in [3.63, 3.8) is 0 Å². The van der Waals surface area contributed by atoms with Gasteiger partial charge in [-0.3, -0.25) is 9.69 Å². The van der Waals surface area contributed by atoms with Crippen LogP contribution in [0.5, 0.6) is 0 Å². The molecular formula is C19H21N3OS. The van der Waals surface area contributed by atoms with Crippen molar-refractivity contribution in [2.24, 2.45) is 5.92 Å². The highest BCUT2D eigenvalue weighted by Gasteiger charge is 2.58. The van der Waals surface area contributed by atoms with Crippen LogP contribution in [-0.4, -0.2) is 32.5 Å². The van der Waals surface area contributed by atoms with E-state index in [2.05, 4.69) is 35.4 Å². The number of aromatic amines is 1. The quantitative estimate of drug-likeness (QED) is 0.664. The lowest BCUT2D eigenvalue weighted by atomic mass is 10.0. The number of carbonyl (C=O) groups excluding carboxylic acids is 1. The summed E-state index contributed by atoms with van der Waals surface area (Å²) in [7, 11) is 0. The largest absolute Gasteiger partial charge is 0.361 e. The van der Waals surface area contributed by atoms with Gasteiger partial charge in [-0.2, -0.15) is 0 Å². The predicted molar refractivity (Wildman–Crippen MR) is 99.7 cm³/mol. The summed E-state index contributed by atoms with van der Waals surface area (Å²) >= 11 is 5.47. The van der Waals surface area contributed by atoms with Gasteiger partial charge in [0, 0.05) is 29.4 Å². The number of hydrogen-bond donors (Lipinski definition) is 2. The molecule has 5 heteroatoms. The number of aromatic nitrogens is 1. The molecule has 2 fully saturated rings. The molecule has 2 aromatic rings. The molecule has 4 rings (SSSR count). The molecular weight excluding hydrogens is 318 g/mol. The maximum Gasteiger partial charge on any atom is 0.252 e. The Bertz CT molecular complexity index is 855. The van der Waals surface area contributed by atoms with Gasteiger partial charge in [-0.1, -0.05) is 30.4 Å². The molecule has 1 saturated heterocycles. The molecule has 1 aromatic carbocycles. The van der Waals surface area contributed by atoms with Crippen LogP contribution in [0.15, 0.2) is 42.6 Å². The Labute approximate surface area is 146 Å². The summed E-state index contributed by atoms with van der Waals surface area (Å²) in [5.41, 5.74) is 2.08. The van der Waals surface area contributed by atoms with Gasteiger partial charge in [0.25, 0.3) is 5.91 Å². The molecule has 1 aliphatic heterocycles. The van der Waals surface area contributed by atoms with E-state index >= 15 is 0 Å². The summed E-state index contributed by atoms with van der Waals surface area (Å²) in [4.78, 5) is 18.0. The zero-order chi connectivity index (χ0) is 16.9. The van der Waals surface area contributed by atoms with Gasteiger partial charge >= 0.3 is 0 Å². The molecule has 0 bridgehead atoms. The summed E-state index contributed by atoms with van der Waals surface area (Å²) in [6, 6.07) is 7.88. The molecule has 1 saturated carbocycles. The van der Waals surface area contributed by atoms with Gasteiger partial charge in [0.15, 0.2) is 5.11 Å². The summed E-state index contributed by atoms with van der Waals surface area (Å²) in [5.74, 6) is 0.498. The van der Waals surface area contributed by atoms with Crippen LogP contribution in [0, 0.1) is 5.92 Å². The predicted octanol–water partition coefficient (Wildman–Crippen LogP) is 3.15. The van der Waals surface area contributed by atoms with Crippen LogP contribution < -0.4 is 5.32 Å². The molecule has 3 atom stereocenters. The van der Waals surface area contributed by atoms with Crippen LogP contribution in [0.2, 0.25) is 0 Å². The second-order valence-corrected chi connectivity index (χ2v) is 7.32. The first-order chi connectivity index (χ1) is 11.5. The van der Waals surface area contributed by atoms with Gasteiger partial charge in [0.1, 0.15) is 6.04 Å². The number of fused-ring (bicyclic) bond motifs is 1. The third kappa shape index (κ3) is 2.26. The van der Waals surface area contributed by atoms with Crippen LogP contribution in [0.4, 0.5) is 0 Å². The summed E-state index contributed by atoms with van der Waals surface area (Å²) < 4.78 is 0. The maximum atomic E-state index is 13.0. The Hall–Kier alpha value is -2.14. The van der Waals surface area contributed by atoms with Crippen LogP contribution in [0.25, 0.3) is 10.9 Å². The van der Waals surface area contributed by atoms with E-state index in [0.717, 1.165) is 17.5 Å². The molecule has 2 heterocycles. The Kier molecular flexibility index (Phi) is 3.49. The lowest BCUT2D eigenvalue weighted by Gasteiger charge is -2.24. The second kappa shape index (κ2) is 5.45. The van der Waals surface area contributed by atoms with Crippen molar-refractivity contribution in [3.8, 4) is 0 Å². The molecule has 24 heavy (non-hydrogen) atoms. The van der Waals surface area contributed by atoms with Crippen molar-refractivity contribution in [2.45, 2.75) is 38.3 Å². The molecule has 2 aliphatic rings. The monoisotopic (exact) mass is 339 g/mol. The van der Waals surface area contributed by atoms with Crippen molar-refractivity contribution < 1.29 is 4.79 Å². The zero-order valence-electron chi connectivity index (χ0n) is 13.9. The van der Waals surface area contributed by atoms with Crippen molar-refractivity contribution in [1.29, 1.82) is 0 Å². The maximum absolute atomic E-state index is 13.0. The van der Waals surface area contributed by atoms with Crippen molar-refractivity contribution in [3.05, 3.63) is 48.2 Å². The first kappa shape index (κ1) is 15.4. The van der Waals surface area contributed by atoms with E-state index in [1.807, 2.05) is 36.2 Å². The molecule has 3 unspecified atom stereocenters. The number of para-hydroxylation sites is 1. The fraction of sp³-hybridized carbons (Fsp3) is 0.368. The van der Waals surface area contributed by atoms with Gasteiger partial charge in [0.2, 0.25) is 0 Å². The lowest BCUT2D eigenvalue weighted by Crippen LogP contribution is -2.42. The number of allylic oxidation sites excluding steroid dienone is 1. The smallest absolute Gasteiger partial charge is 0.252 e. The number of H-pyrrole nitrogens is 1. The normalized spacial score (nSPS) is 29.7. The van der Waals surface area contributed by atoms with Crippen LogP contribution in [0.3, 0.4) is 0 Å². The molecule has 1 aromatic heterocycles. The third-order valence-electron chi connectivity index (χ3n) is 5.33. The van der Waals surface area contributed by atoms with E-state index in [-0.39, 0.29) is 17.5 Å². The summed E-state index contributed by atoms with van der Waals surface area (Å²) in [5, 5.41) is 4.97. The minimum Gasteiger partial charge on any atom is -0.361 e. The lowest BCUT2D eigenvalue weighted by molar-refractivity contribution is -0.129. The number of nitrogens with one attached hydrogen (secondary N) is 2. The van der Waals surface area contributed by atoms with Gasteiger partial charge in [-0.25, -0.2) is 0 Å². The SMILES string of the molecule is C/C=C\C1CC1(C)N1C(=O)C(Cc2c[nH]c3ccccc23)NC1=S. The minimum absolute atomic E-state index is 0.0970. The average molecular weight is 339 g/mol. The van der Waals surface area contributed by atoms with Crippen molar-refractivity contribution >= 4 is 34.1 Å². The molecule has 0 spiro atoms. The van der Waals surface area contributed by atoms with Crippen LogP contribution in [0.1, 0.15) is 25.8 Å². The van der Waals surface area contributed by atoms with Crippen molar-refractivity contribution in [1.82, 2.24) is 15.2 Å². The van der Waals surface area contributed by atoms with Gasteiger partial charge in [0.05, 0.1) is 5.54 Å². The minimum atomic E-state index is -0.277. The summed E-state index contributed by atoms with van der Waals surface area (Å²) in [6.45, 7) is 4.14. The first-order valence-corrected chi connectivity index (χ1v) is 8.78. The van der Waals surface area contributed by atoms with E-state index in [1.54, 1.807) is 0 Å². The Morgan fingerprint density at radius 3 is 3.00 bits per heavy atom. The highest BCUT2D eigenvalue weighted by Crippen LogP contribution is 2.50. The van der Waals surface area contributed by atoms with E-state index in [4.69, 9.17) is 12.2 Å². The first-order valence-electron chi connectivity index (χ1n) is 8.37. The van der Waals surface area contributed by atoms with Crippen LogP contribution >= 0.6 is 12.2 Å². The van der Waals surface area contributed by atoms with Gasteiger partial charge < -0.3 is 10.3 Å². The fourth-order valence-corrected chi connectivity index (χ4v) is 4.27. The van der Waals surface area contributed by atoms with Gasteiger partial charge in [-0.05, 0) is 44.1 Å². The van der Waals surface area contributed by atoms with E-state index in [9.17, 15) is 4.79 Å². The number of nitrogens with zero attached hydrogens (tertiary/aromatic N) is 1. The molecule has 0 radical (unpaired) electrons. The topological polar surface area (TPSA) is 48.1 Å². The van der Waals surface area contributed by atoms with Gasteiger partial charge in [-0.15, -0.1) is 0 Å². The molecule has 124 valence electrons. The number of hydrogen-bond acceptors (Lipinski definition) is 2. The highest BCUT2D eigenvalue weighted by atomic mass is 32.1. The highest BCUT2D eigenvalue weighted by molar-refractivity contribution is 7.80. The molecule has 1 amide bonds. The third-order valence-corrected chi connectivity index (χ3v) is 5.63. The Balaban J connectivity index is 1.56. The van der Waals surface area contributed by atoms with Crippen molar-refractivity contribution in [2.75, 3.05) is 0 Å².